The van der Waals surface area contributed by atoms with Gasteiger partial charge in [0.05, 0.1) is 21.4 Å². The highest BCUT2D eigenvalue weighted by molar-refractivity contribution is 6.30. The Morgan fingerprint density at radius 3 is 2.35 bits per heavy atom. The van der Waals surface area contributed by atoms with Crippen LogP contribution in [0.2, 0.25) is 5.02 Å². The Morgan fingerprint density at radius 1 is 1.03 bits per heavy atom. The fraction of sp³-hybridized carbons (Fsp3) is 0.0435. The molecular weight excluding hydrogens is 422 g/mol. The molecule has 4 aromatic rings. The fourth-order valence-corrected chi connectivity index (χ4v) is 3.31. The molecule has 7 nitrogen and oxygen atoms in total. The number of benzene rings is 3. The maximum Gasteiger partial charge on any atom is 0.343 e. The first-order valence-electron chi connectivity index (χ1n) is 9.13. The molecule has 0 aliphatic carbocycles. The number of aryl methyl sites for hydroxylation is 1. The quantitative estimate of drug-likeness (QED) is 0.180. The summed E-state index contributed by atoms with van der Waals surface area (Å²) < 4.78 is 11.2. The molecule has 0 bridgehead atoms. The van der Waals surface area contributed by atoms with E-state index in [1.54, 1.807) is 31.2 Å². The molecule has 1 aromatic heterocycles. The van der Waals surface area contributed by atoms with E-state index in [2.05, 4.69) is 0 Å². The van der Waals surface area contributed by atoms with E-state index in [4.69, 9.17) is 20.8 Å². The van der Waals surface area contributed by atoms with Crippen molar-refractivity contribution in [2.24, 2.45) is 0 Å². The van der Waals surface area contributed by atoms with Crippen LogP contribution in [0.15, 0.2) is 75.9 Å². The van der Waals surface area contributed by atoms with Crippen LogP contribution in [0.1, 0.15) is 16.1 Å². The van der Waals surface area contributed by atoms with E-state index < -0.39 is 10.9 Å². The Bertz CT molecular complexity index is 1370. The normalized spacial score (nSPS) is 10.8. The third-order valence-corrected chi connectivity index (χ3v) is 4.95. The van der Waals surface area contributed by atoms with Crippen molar-refractivity contribution in [3.63, 3.8) is 0 Å². The number of hydrogen-bond donors (Lipinski definition) is 0. The SMILES string of the molecule is Cc1oc2cc(OC(=O)c3ccc([N+](=O)[O-])cc3)ccc2c(=O)c1-c1ccc(Cl)cc1. The van der Waals surface area contributed by atoms with Crippen LogP contribution >= 0.6 is 11.6 Å². The average Bonchev–Trinajstić information content (AvgIpc) is 2.75. The molecule has 0 saturated heterocycles. The molecule has 0 amide bonds. The highest BCUT2D eigenvalue weighted by atomic mass is 35.5. The molecule has 0 fully saturated rings. The van der Waals surface area contributed by atoms with Crippen molar-refractivity contribution in [1.82, 2.24) is 0 Å². The molecule has 0 saturated carbocycles. The van der Waals surface area contributed by atoms with Crippen molar-refractivity contribution >= 4 is 34.2 Å². The molecule has 0 aliphatic heterocycles. The predicted octanol–water partition coefficient (Wildman–Crippen LogP) is 5.55. The summed E-state index contributed by atoms with van der Waals surface area (Å²) in [6.07, 6.45) is 0. The Balaban J connectivity index is 1.66. The summed E-state index contributed by atoms with van der Waals surface area (Å²) >= 11 is 5.93. The van der Waals surface area contributed by atoms with Crippen molar-refractivity contribution in [1.29, 1.82) is 0 Å². The van der Waals surface area contributed by atoms with Crippen LogP contribution in [-0.4, -0.2) is 10.9 Å². The number of carbonyl (C=O) groups is 1. The molecule has 1 heterocycles. The van der Waals surface area contributed by atoms with Gasteiger partial charge in [0.15, 0.2) is 0 Å². The summed E-state index contributed by atoms with van der Waals surface area (Å²) in [6.45, 7) is 1.68. The zero-order chi connectivity index (χ0) is 22.1. The van der Waals surface area contributed by atoms with E-state index in [9.17, 15) is 19.7 Å². The molecule has 0 spiro atoms. The average molecular weight is 436 g/mol. The summed E-state index contributed by atoms with van der Waals surface area (Å²) in [5.41, 5.74) is 1.20. The van der Waals surface area contributed by atoms with E-state index in [1.807, 2.05) is 0 Å². The lowest BCUT2D eigenvalue weighted by atomic mass is 10.0. The summed E-state index contributed by atoms with van der Waals surface area (Å²) in [5.74, 6) is -0.0950. The van der Waals surface area contributed by atoms with E-state index in [0.717, 1.165) is 0 Å². The van der Waals surface area contributed by atoms with Crippen LogP contribution in [0, 0.1) is 17.0 Å². The van der Waals surface area contributed by atoms with Gasteiger partial charge in [0.1, 0.15) is 17.1 Å². The van der Waals surface area contributed by atoms with Gasteiger partial charge in [-0.3, -0.25) is 14.9 Å². The lowest BCUT2D eigenvalue weighted by molar-refractivity contribution is -0.384. The number of nitro benzene ring substituents is 1. The Kier molecular flexibility index (Phi) is 5.27. The first kappa shape index (κ1) is 20.3. The van der Waals surface area contributed by atoms with Crippen LogP contribution in [0.25, 0.3) is 22.1 Å². The molecule has 0 aliphatic rings. The van der Waals surface area contributed by atoms with Crippen molar-refractivity contribution in [3.8, 4) is 16.9 Å². The van der Waals surface area contributed by atoms with E-state index in [1.165, 1.54) is 42.5 Å². The van der Waals surface area contributed by atoms with Gasteiger partial charge in [-0.15, -0.1) is 0 Å². The number of esters is 1. The molecule has 0 atom stereocenters. The number of ether oxygens (including phenoxy) is 1. The maximum absolute atomic E-state index is 13.0. The van der Waals surface area contributed by atoms with E-state index in [-0.39, 0.29) is 28.0 Å². The molecule has 4 rings (SSSR count). The first-order chi connectivity index (χ1) is 14.8. The van der Waals surface area contributed by atoms with Crippen molar-refractivity contribution in [2.45, 2.75) is 6.92 Å². The third-order valence-electron chi connectivity index (χ3n) is 4.70. The minimum atomic E-state index is -0.689. The molecular formula is C23H14ClNO6. The second-order valence-electron chi connectivity index (χ2n) is 6.72. The predicted molar refractivity (Wildman–Crippen MR) is 116 cm³/mol. The summed E-state index contributed by atoms with van der Waals surface area (Å²) in [5, 5.41) is 11.6. The monoisotopic (exact) mass is 435 g/mol. The molecule has 8 heteroatoms. The van der Waals surface area contributed by atoms with Crippen LogP contribution in [0.3, 0.4) is 0 Å². The number of nitro groups is 1. The minimum absolute atomic E-state index is 0.129. The fourth-order valence-electron chi connectivity index (χ4n) is 3.18. The first-order valence-corrected chi connectivity index (χ1v) is 9.51. The maximum atomic E-state index is 13.0. The van der Waals surface area contributed by atoms with Crippen molar-refractivity contribution in [2.75, 3.05) is 0 Å². The zero-order valence-electron chi connectivity index (χ0n) is 16.1. The third kappa shape index (κ3) is 4.04. The number of halogens is 1. The lowest BCUT2D eigenvalue weighted by Gasteiger charge is -2.09. The highest BCUT2D eigenvalue weighted by Gasteiger charge is 2.16. The number of non-ortho nitro benzene ring substituents is 1. The van der Waals surface area contributed by atoms with Crippen molar-refractivity contribution < 1.29 is 18.9 Å². The van der Waals surface area contributed by atoms with Crippen LogP contribution < -0.4 is 10.2 Å². The van der Waals surface area contributed by atoms with Crippen LogP contribution in [-0.2, 0) is 0 Å². The number of carbonyl (C=O) groups excluding carboxylic acids is 1. The van der Waals surface area contributed by atoms with Gasteiger partial charge in [-0.25, -0.2) is 4.79 Å². The van der Waals surface area contributed by atoms with Gasteiger partial charge in [0, 0.05) is 23.2 Å². The second-order valence-corrected chi connectivity index (χ2v) is 7.16. The molecule has 0 radical (unpaired) electrons. The number of hydrogen-bond acceptors (Lipinski definition) is 6. The van der Waals surface area contributed by atoms with Crippen LogP contribution in [0.5, 0.6) is 5.75 Å². The van der Waals surface area contributed by atoms with Crippen molar-refractivity contribution in [3.05, 3.63) is 103 Å². The molecule has 3 aromatic carbocycles. The Hall–Kier alpha value is -3.97. The van der Waals surface area contributed by atoms with E-state index in [0.29, 0.717) is 27.3 Å². The molecule has 0 N–H and O–H groups in total. The van der Waals surface area contributed by atoms with Gasteiger partial charge in [-0.1, -0.05) is 23.7 Å². The van der Waals surface area contributed by atoms with Gasteiger partial charge < -0.3 is 9.15 Å². The Morgan fingerprint density at radius 2 is 1.71 bits per heavy atom. The highest BCUT2D eigenvalue weighted by Crippen LogP contribution is 2.27. The van der Waals surface area contributed by atoms with Gasteiger partial charge in [0.25, 0.3) is 5.69 Å². The number of fused-ring (bicyclic) bond motifs is 1. The molecule has 0 unspecified atom stereocenters. The summed E-state index contributed by atoms with van der Waals surface area (Å²) in [4.78, 5) is 35.5. The van der Waals surface area contributed by atoms with Crippen LogP contribution in [0.4, 0.5) is 5.69 Å². The molecule has 154 valence electrons. The minimum Gasteiger partial charge on any atom is -0.460 e. The van der Waals surface area contributed by atoms with Gasteiger partial charge >= 0.3 is 5.97 Å². The Labute approximate surface area is 180 Å². The van der Waals surface area contributed by atoms with Gasteiger partial charge in [-0.2, -0.15) is 0 Å². The topological polar surface area (TPSA) is 99.7 Å². The zero-order valence-corrected chi connectivity index (χ0v) is 16.9. The van der Waals surface area contributed by atoms with E-state index >= 15 is 0 Å². The van der Waals surface area contributed by atoms with Gasteiger partial charge in [-0.05, 0) is 48.9 Å². The lowest BCUT2D eigenvalue weighted by Crippen LogP contribution is -2.10. The summed E-state index contributed by atoms with van der Waals surface area (Å²) in [7, 11) is 0. The standard InChI is InChI=1S/C23H14ClNO6/c1-13-21(14-2-6-16(24)7-3-14)22(26)19-11-10-18(12-20(19)30-13)31-23(27)15-4-8-17(9-5-15)25(28)29/h2-12H,1H3. The summed E-state index contributed by atoms with van der Waals surface area (Å²) in [6, 6.07) is 16.4. The smallest absolute Gasteiger partial charge is 0.343 e. The largest absolute Gasteiger partial charge is 0.460 e. The molecule has 31 heavy (non-hydrogen) atoms. The number of rotatable bonds is 4. The number of nitrogens with zero attached hydrogens (tertiary/aromatic N) is 1. The second kappa shape index (κ2) is 8.04. The van der Waals surface area contributed by atoms with Gasteiger partial charge in [0.2, 0.25) is 5.43 Å².